The molecule has 1 heterocycles. The normalized spacial score (nSPS) is 26.5. The highest BCUT2D eigenvalue weighted by Crippen LogP contribution is 2.09. The SMILES string of the molecule is CCCN(CC)C(=O)[C@H]1C[C@H](O)CN1. The topological polar surface area (TPSA) is 52.6 Å². The number of hydrogen-bond acceptors (Lipinski definition) is 3. The van der Waals surface area contributed by atoms with Gasteiger partial charge in [0, 0.05) is 19.6 Å². The van der Waals surface area contributed by atoms with Crippen LogP contribution in [0.3, 0.4) is 0 Å². The van der Waals surface area contributed by atoms with E-state index in [4.69, 9.17) is 0 Å². The van der Waals surface area contributed by atoms with Gasteiger partial charge in [-0.05, 0) is 19.8 Å². The summed E-state index contributed by atoms with van der Waals surface area (Å²) in [5.41, 5.74) is 0. The van der Waals surface area contributed by atoms with Crippen molar-refractivity contribution in [1.82, 2.24) is 10.2 Å². The van der Waals surface area contributed by atoms with Crippen LogP contribution in [0.4, 0.5) is 0 Å². The number of amides is 1. The van der Waals surface area contributed by atoms with Crippen molar-refractivity contribution in [3.8, 4) is 0 Å². The Kier molecular flexibility index (Phi) is 4.35. The zero-order valence-electron chi connectivity index (χ0n) is 8.99. The molecule has 1 aliphatic heterocycles. The van der Waals surface area contributed by atoms with Crippen molar-refractivity contribution in [3.63, 3.8) is 0 Å². The van der Waals surface area contributed by atoms with Crippen LogP contribution in [0.5, 0.6) is 0 Å². The second-order valence-corrected chi connectivity index (χ2v) is 3.77. The average molecular weight is 200 g/mol. The molecule has 0 aromatic carbocycles. The lowest BCUT2D eigenvalue weighted by atomic mass is 10.2. The van der Waals surface area contributed by atoms with Gasteiger partial charge in [0.2, 0.25) is 5.91 Å². The van der Waals surface area contributed by atoms with Crippen LogP contribution in [0.25, 0.3) is 0 Å². The molecule has 0 radical (unpaired) electrons. The number of β-amino-alcohol motifs (C(OH)–C–C–N with tert-alkyl or cyclic N) is 1. The van der Waals surface area contributed by atoms with Crippen LogP contribution in [-0.4, -0.2) is 47.7 Å². The summed E-state index contributed by atoms with van der Waals surface area (Å²) in [7, 11) is 0. The number of hydrogen-bond donors (Lipinski definition) is 2. The van der Waals surface area contributed by atoms with Crippen molar-refractivity contribution in [3.05, 3.63) is 0 Å². The van der Waals surface area contributed by atoms with Crippen molar-refractivity contribution in [2.75, 3.05) is 19.6 Å². The summed E-state index contributed by atoms with van der Waals surface area (Å²) in [4.78, 5) is 13.7. The third-order valence-corrected chi connectivity index (χ3v) is 2.59. The van der Waals surface area contributed by atoms with Gasteiger partial charge >= 0.3 is 0 Å². The zero-order chi connectivity index (χ0) is 10.6. The number of nitrogens with zero attached hydrogens (tertiary/aromatic N) is 1. The van der Waals surface area contributed by atoms with Crippen molar-refractivity contribution in [2.24, 2.45) is 0 Å². The smallest absolute Gasteiger partial charge is 0.239 e. The summed E-state index contributed by atoms with van der Waals surface area (Å²) in [5, 5.41) is 12.3. The lowest BCUT2D eigenvalue weighted by molar-refractivity contribution is -0.133. The summed E-state index contributed by atoms with van der Waals surface area (Å²) in [6, 6.07) is -0.170. The molecule has 2 N–H and O–H groups in total. The van der Waals surface area contributed by atoms with Crippen molar-refractivity contribution in [1.29, 1.82) is 0 Å². The van der Waals surface area contributed by atoms with Crippen molar-refractivity contribution < 1.29 is 9.90 Å². The molecular weight excluding hydrogens is 180 g/mol. The van der Waals surface area contributed by atoms with E-state index in [0.29, 0.717) is 13.0 Å². The fraction of sp³-hybridized carbons (Fsp3) is 0.900. The van der Waals surface area contributed by atoms with Gasteiger partial charge in [-0.25, -0.2) is 0 Å². The Morgan fingerprint density at radius 2 is 2.29 bits per heavy atom. The first-order chi connectivity index (χ1) is 6.69. The summed E-state index contributed by atoms with van der Waals surface area (Å²) >= 11 is 0. The first kappa shape index (κ1) is 11.5. The molecule has 1 fully saturated rings. The third kappa shape index (κ3) is 2.69. The largest absolute Gasteiger partial charge is 0.392 e. The van der Waals surface area contributed by atoms with Gasteiger partial charge in [-0.2, -0.15) is 0 Å². The average Bonchev–Trinajstić information content (AvgIpc) is 2.60. The van der Waals surface area contributed by atoms with E-state index in [1.54, 1.807) is 0 Å². The van der Waals surface area contributed by atoms with Crippen LogP contribution in [0.1, 0.15) is 26.7 Å². The zero-order valence-corrected chi connectivity index (χ0v) is 8.99. The Hall–Kier alpha value is -0.610. The fourth-order valence-electron chi connectivity index (χ4n) is 1.82. The molecule has 14 heavy (non-hydrogen) atoms. The molecule has 4 nitrogen and oxygen atoms in total. The Balaban J connectivity index is 2.45. The predicted molar refractivity (Wildman–Crippen MR) is 55.0 cm³/mol. The molecule has 4 heteroatoms. The number of carbonyl (C=O) groups excluding carboxylic acids is 1. The first-order valence-electron chi connectivity index (χ1n) is 5.39. The van der Waals surface area contributed by atoms with E-state index in [-0.39, 0.29) is 18.1 Å². The van der Waals surface area contributed by atoms with E-state index in [0.717, 1.165) is 19.5 Å². The minimum atomic E-state index is -0.357. The minimum Gasteiger partial charge on any atom is -0.392 e. The van der Waals surface area contributed by atoms with Crippen LogP contribution < -0.4 is 5.32 Å². The monoisotopic (exact) mass is 200 g/mol. The quantitative estimate of drug-likeness (QED) is 0.670. The van der Waals surface area contributed by atoms with Crippen LogP contribution in [0.2, 0.25) is 0 Å². The molecule has 1 saturated heterocycles. The summed E-state index contributed by atoms with van der Waals surface area (Å²) in [5.74, 6) is 0.130. The number of aliphatic hydroxyl groups excluding tert-OH is 1. The Morgan fingerprint density at radius 1 is 1.57 bits per heavy atom. The summed E-state index contributed by atoms with van der Waals surface area (Å²) in [6.07, 6.45) is 1.18. The lowest BCUT2D eigenvalue weighted by Gasteiger charge is -2.23. The minimum absolute atomic E-state index is 0.130. The van der Waals surface area contributed by atoms with Crippen molar-refractivity contribution in [2.45, 2.75) is 38.8 Å². The first-order valence-corrected chi connectivity index (χ1v) is 5.39. The molecule has 0 aromatic rings. The van der Waals surface area contributed by atoms with Crippen molar-refractivity contribution >= 4 is 5.91 Å². The lowest BCUT2D eigenvalue weighted by Crippen LogP contribution is -2.43. The maximum absolute atomic E-state index is 11.9. The Morgan fingerprint density at radius 3 is 2.71 bits per heavy atom. The second-order valence-electron chi connectivity index (χ2n) is 3.77. The number of rotatable bonds is 4. The maximum atomic E-state index is 11.9. The second kappa shape index (κ2) is 5.32. The molecule has 0 unspecified atom stereocenters. The van der Waals surface area contributed by atoms with Gasteiger partial charge in [0.05, 0.1) is 12.1 Å². The van der Waals surface area contributed by atoms with Gasteiger partial charge in [0.15, 0.2) is 0 Å². The molecule has 1 amide bonds. The van der Waals surface area contributed by atoms with Gasteiger partial charge in [0.1, 0.15) is 0 Å². The maximum Gasteiger partial charge on any atom is 0.239 e. The Labute approximate surface area is 85.3 Å². The van der Waals surface area contributed by atoms with E-state index in [9.17, 15) is 9.90 Å². The molecule has 1 aliphatic rings. The van der Waals surface area contributed by atoms with Crippen LogP contribution in [-0.2, 0) is 4.79 Å². The number of likely N-dealkylation sites (N-methyl/N-ethyl adjacent to an activating group) is 1. The molecular formula is C10H20N2O2. The van der Waals surface area contributed by atoms with Gasteiger partial charge < -0.3 is 15.3 Å². The van der Waals surface area contributed by atoms with Crippen LogP contribution >= 0.6 is 0 Å². The van der Waals surface area contributed by atoms with Crippen LogP contribution in [0.15, 0.2) is 0 Å². The highest BCUT2D eigenvalue weighted by molar-refractivity contribution is 5.82. The molecule has 0 saturated carbocycles. The number of nitrogens with one attached hydrogen (secondary N) is 1. The third-order valence-electron chi connectivity index (χ3n) is 2.59. The summed E-state index contributed by atoms with van der Waals surface area (Å²) < 4.78 is 0. The van der Waals surface area contributed by atoms with Gasteiger partial charge in [-0.1, -0.05) is 6.92 Å². The van der Waals surface area contributed by atoms with Gasteiger partial charge in [-0.15, -0.1) is 0 Å². The molecule has 82 valence electrons. The molecule has 0 aliphatic carbocycles. The fourth-order valence-corrected chi connectivity index (χ4v) is 1.82. The molecule has 0 aromatic heterocycles. The molecule has 1 rings (SSSR count). The number of aliphatic hydroxyl groups is 1. The standard InChI is InChI=1S/C10H20N2O2/c1-3-5-12(4-2)10(14)9-6-8(13)7-11-9/h8-9,11,13H,3-7H2,1-2H3/t8-,9+/m0/s1. The highest BCUT2D eigenvalue weighted by atomic mass is 16.3. The Bertz CT molecular complexity index is 191. The van der Waals surface area contributed by atoms with Gasteiger partial charge in [0.25, 0.3) is 0 Å². The van der Waals surface area contributed by atoms with Gasteiger partial charge in [-0.3, -0.25) is 4.79 Å². The highest BCUT2D eigenvalue weighted by Gasteiger charge is 2.30. The summed E-state index contributed by atoms with van der Waals surface area (Å²) in [6.45, 7) is 6.15. The van der Waals surface area contributed by atoms with E-state index in [1.807, 2.05) is 11.8 Å². The van der Waals surface area contributed by atoms with E-state index in [1.165, 1.54) is 0 Å². The number of carbonyl (C=O) groups is 1. The predicted octanol–water partition coefficient (Wildman–Crippen LogP) is -0.0323. The van der Waals surface area contributed by atoms with E-state index in [2.05, 4.69) is 12.2 Å². The molecule has 0 spiro atoms. The van der Waals surface area contributed by atoms with E-state index < -0.39 is 0 Å². The van der Waals surface area contributed by atoms with Crippen LogP contribution in [0, 0.1) is 0 Å². The molecule has 0 bridgehead atoms. The van der Waals surface area contributed by atoms with E-state index >= 15 is 0 Å². The molecule has 2 atom stereocenters.